The predicted octanol–water partition coefficient (Wildman–Crippen LogP) is 5.68. The normalized spacial score (nSPS) is 37.2. The number of hydrogen-bond acceptors (Lipinski definition) is 1. The van der Waals surface area contributed by atoms with Crippen molar-refractivity contribution in [3.05, 3.63) is 0 Å². The maximum Gasteiger partial charge on any atom is 0.389 e. The third-order valence-electron chi connectivity index (χ3n) is 5.42. The van der Waals surface area contributed by atoms with Crippen LogP contribution in [0.25, 0.3) is 0 Å². The third-order valence-corrected chi connectivity index (χ3v) is 5.42. The highest BCUT2D eigenvalue weighted by Crippen LogP contribution is 2.41. The lowest BCUT2D eigenvalue weighted by Crippen LogP contribution is -2.36. The Bertz CT molecular complexity index is 323. The first-order chi connectivity index (χ1) is 10.3. The Morgan fingerprint density at radius 2 is 1.59 bits per heavy atom. The van der Waals surface area contributed by atoms with Gasteiger partial charge in [-0.05, 0) is 56.3 Å². The van der Waals surface area contributed by atoms with Crippen molar-refractivity contribution >= 4 is 0 Å². The van der Waals surface area contributed by atoms with Crippen LogP contribution < -0.4 is 0 Å². The fourth-order valence-electron chi connectivity index (χ4n) is 4.00. The molecule has 2 saturated carbocycles. The molecular formula is C17H28F4O. The fourth-order valence-corrected chi connectivity index (χ4v) is 4.00. The molecule has 0 aliphatic heterocycles. The van der Waals surface area contributed by atoms with E-state index in [-0.39, 0.29) is 13.0 Å². The van der Waals surface area contributed by atoms with E-state index in [1.807, 2.05) is 0 Å². The van der Waals surface area contributed by atoms with Crippen molar-refractivity contribution < 1.29 is 22.3 Å². The maximum atomic E-state index is 14.2. The first kappa shape index (κ1) is 18.0. The average Bonchev–Trinajstić information content (AvgIpc) is 2.44. The Labute approximate surface area is 130 Å². The highest BCUT2D eigenvalue weighted by Gasteiger charge is 2.36. The molecule has 0 spiro atoms. The van der Waals surface area contributed by atoms with Gasteiger partial charge in [-0.3, -0.25) is 0 Å². The summed E-state index contributed by atoms with van der Waals surface area (Å²) in [6.45, 7) is 2.29. The molecule has 2 fully saturated rings. The molecule has 2 rings (SSSR count). The Morgan fingerprint density at radius 3 is 2.18 bits per heavy atom. The zero-order valence-corrected chi connectivity index (χ0v) is 13.4. The second kappa shape index (κ2) is 7.98. The van der Waals surface area contributed by atoms with Gasteiger partial charge in [-0.25, -0.2) is 4.39 Å². The van der Waals surface area contributed by atoms with Crippen molar-refractivity contribution in [3.63, 3.8) is 0 Å². The molecule has 0 saturated heterocycles. The second-order valence-corrected chi connectivity index (χ2v) is 7.24. The van der Waals surface area contributed by atoms with E-state index in [4.69, 9.17) is 4.74 Å². The molecule has 0 aromatic heterocycles. The van der Waals surface area contributed by atoms with Gasteiger partial charge in [0.1, 0.15) is 6.17 Å². The summed E-state index contributed by atoms with van der Waals surface area (Å²) in [5.74, 6) is 1.88. The first-order valence-corrected chi connectivity index (χ1v) is 8.67. The molecule has 0 radical (unpaired) electrons. The number of rotatable bonds is 5. The van der Waals surface area contributed by atoms with E-state index in [2.05, 4.69) is 6.92 Å². The third kappa shape index (κ3) is 5.71. The molecule has 22 heavy (non-hydrogen) atoms. The van der Waals surface area contributed by atoms with Crippen LogP contribution in [-0.2, 0) is 4.74 Å². The largest absolute Gasteiger partial charge is 0.389 e. The molecule has 0 heterocycles. The van der Waals surface area contributed by atoms with Gasteiger partial charge in [0.2, 0.25) is 0 Å². The molecule has 2 aliphatic rings. The van der Waals surface area contributed by atoms with E-state index >= 15 is 0 Å². The molecule has 2 aliphatic carbocycles. The topological polar surface area (TPSA) is 9.23 Å². The minimum absolute atomic E-state index is 0.0101. The van der Waals surface area contributed by atoms with Gasteiger partial charge >= 0.3 is 6.18 Å². The van der Waals surface area contributed by atoms with Gasteiger partial charge in [-0.2, -0.15) is 13.2 Å². The Hall–Kier alpha value is -0.320. The van der Waals surface area contributed by atoms with E-state index in [0.717, 1.165) is 12.3 Å². The van der Waals surface area contributed by atoms with Crippen LogP contribution in [0.2, 0.25) is 0 Å². The van der Waals surface area contributed by atoms with Gasteiger partial charge in [-0.15, -0.1) is 0 Å². The van der Waals surface area contributed by atoms with Crippen molar-refractivity contribution in [3.8, 4) is 0 Å². The summed E-state index contributed by atoms with van der Waals surface area (Å²) < 4.78 is 55.8. The number of alkyl halides is 4. The molecule has 0 bridgehead atoms. The van der Waals surface area contributed by atoms with Gasteiger partial charge in [0.15, 0.2) is 0 Å². The summed E-state index contributed by atoms with van der Waals surface area (Å²) >= 11 is 0. The summed E-state index contributed by atoms with van der Waals surface area (Å²) in [5, 5.41) is 0. The number of hydrogen-bond donors (Lipinski definition) is 0. The molecule has 130 valence electrons. The lowest BCUT2D eigenvalue weighted by Gasteiger charge is -2.38. The summed E-state index contributed by atoms with van der Waals surface area (Å²) in [6, 6.07) is 0. The van der Waals surface area contributed by atoms with Gasteiger partial charge in [0, 0.05) is 13.0 Å². The average molecular weight is 324 g/mol. The Kier molecular flexibility index (Phi) is 6.54. The minimum Gasteiger partial charge on any atom is -0.375 e. The van der Waals surface area contributed by atoms with E-state index in [1.165, 1.54) is 25.7 Å². The number of ether oxygens (including phenoxy) is 1. The quantitative estimate of drug-likeness (QED) is 0.467. The van der Waals surface area contributed by atoms with E-state index in [1.54, 1.807) is 0 Å². The van der Waals surface area contributed by atoms with Gasteiger partial charge in [0.25, 0.3) is 0 Å². The summed E-state index contributed by atoms with van der Waals surface area (Å²) in [5.41, 5.74) is 0. The fraction of sp³-hybridized carbons (Fsp3) is 1.00. The van der Waals surface area contributed by atoms with Crippen molar-refractivity contribution in [2.75, 3.05) is 6.61 Å². The predicted molar refractivity (Wildman–Crippen MR) is 78.4 cm³/mol. The summed E-state index contributed by atoms with van der Waals surface area (Å²) in [6.07, 6.45) is 0.479. The highest BCUT2D eigenvalue weighted by atomic mass is 19.4. The monoisotopic (exact) mass is 324 g/mol. The van der Waals surface area contributed by atoms with E-state index in [0.29, 0.717) is 24.7 Å². The molecule has 0 aromatic rings. The molecule has 0 aromatic carbocycles. The van der Waals surface area contributed by atoms with Crippen LogP contribution >= 0.6 is 0 Å². The molecule has 3 atom stereocenters. The molecule has 5 heteroatoms. The van der Waals surface area contributed by atoms with Crippen LogP contribution in [0.5, 0.6) is 0 Å². The van der Waals surface area contributed by atoms with Gasteiger partial charge in [0.05, 0.1) is 6.10 Å². The van der Waals surface area contributed by atoms with Crippen molar-refractivity contribution in [1.82, 2.24) is 0 Å². The van der Waals surface area contributed by atoms with Crippen molar-refractivity contribution in [1.29, 1.82) is 0 Å². The number of halogens is 4. The standard InChI is InChI=1S/C17H28F4O/c1-12-3-5-13(6-4-12)14-7-8-16(15(18)11-14)22-10-2-9-17(19,20)21/h12-16H,2-11H2,1H3. The Balaban J connectivity index is 1.67. The van der Waals surface area contributed by atoms with Crippen LogP contribution in [-0.4, -0.2) is 25.1 Å². The summed E-state index contributed by atoms with van der Waals surface area (Å²) in [4.78, 5) is 0. The van der Waals surface area contributed by atoms with Crippen LogP contribution in [0, 0.1) is 17.8 Å². The van der Waals surface area contributed by atoms with Crippen molar-refractivity contribution in [2.24, 2.45) is 17.8 Å². The SMILES string of the molecule is CC1CCC(C2CCC(OCCCC(F)(F)F)C(F)C2)CC1. The molecule has 1 nitrogen and oxygen atoms in total. The van der Waals surface area contributed by atoms with Crippen LogP contribution in [0.1, 0.15) is 64.7 Å². The molecular weight excluding hydrogens is 296 g/mol. The zero-order chi connectivity index (χ0) is 16.2. The maximum absolute atomic E-state index is 14.2. The van der Waals surface area contributed by atoms with Gasteiger partial charge < -0.3 is 4.74 Å². The smallest absolute Gasteiger partial charge is 0.375 e. The van der Waals surface area contributed by atoms with Gasteiger partial charge in [-0.1, -0.05) is 19.8 Å². The van der Waals surface area contributed by atoms with E-state index < -0.39 is 24.9 Å². The Morgan fingerprint density at radius 1 is 0.955 bits per heavy atom. The minimum atomic E-state index is -4.14. The first-order valence-electron chi connectivity index (χ1n) is 8.67. The lowest BCUT2D eigenvalue weighted by molar-refractivity contribution is -0.140. The molecule has 3 unspecified atom stereocenters. The van der Waals surface area contributed by atoms with Crippen LogP contribution in [0.3, 0.4) is 0 Å². The molecule has 0 amide bonds. The highest BCUT2D eigenvalue weighted by molar-refractivity contribution is 4.86. The zero-order valence-electron chi connectivity index (χ0n) is 13.4. The molecule has 0 N–H and O–H groups in total. The van der Waals surface area contributed by atoms with Crippen LogP contribution in [0.4, 0.5) is 17.6 Å². The summed E-state index contributed by atoms with van der Waals surface area (Å²) in [7, 11) is 0. The van der Waals surface area contributed by atoms with Crippen molar-refractivity contribution in [2.45, 2.75) is 83.2 Å². The van der Waals surface area contributed by atoms with Crippen LogP contribution in [0.15, 0.2) is 0 Å². The van der Waals surface area contributed by atoms with E-state index in [9.17, 15) is 17.6 Å². The lowest BCUT2D eigenvalue weighted by atomic mass is 9.70. The second-order valence-electron chi connectivity index (χ2n) is 7.24.